The third-order valence-corrected chi connectivity index (χ3v) is 3.32. The Hall–Kier alpha value is -1.14. The van der Waals surface area contributed by atoms with E-state index in [2.05, 4.69) is 31.9 Å². The molecule has 0 amide bonds. The van der Waals surface area contributed by atoms with E-state index < -0.39 is 5.82 Å². The largest absolute Gasteiger partial charge is 0.496 e. The van der Waals surface area contributed by atoms with Crippen LogP contribution in [0, 0.1) is 5.82 Å². The highest BCUT2D eigenvalue weighted by Crippen LogP contribution is 2.29. The van der Waals surface area contributed by atoms with Crippen LogP contribution in [0.1, 0.15) is 16.1 Å². The van der Waals surface area contributed by atoms with Crippen molar-refractivity contribution in [2.75, 3.05) is 7.11 Å². The molecule has 0 saturated carbocycles. The summed E-state index contributed by atoms with van der Waals surface area (Å²) in [5.41, 5.74) is 0.229. The van der Waals surface area contributed by atoms with Crippen LogP contribution in [0.3, 0.4) is 0 Å². The molecule has 0 aliphatic rings. The van der Waals surface area contributed by atoms with Gasteiger partial charge in [0, 0.05) is 6.07 Å². The second-order valence-corrected chi connectivity index (χ2v) is 5.04. The fourth-order valence-corrected chi connectivity index (χ4v) is 2.09. The standard InChI is InChI=1S/C12H7Br2FO3/c1-17-10-5-8(15)7(13)4-6(10)12(16)9-2-3-11(14)18-9/h2-5H,1H3. The maximum absolute atomic E-state index is 13.3. The molecule has 0 bridgehead atoms. The van der Waals surface area contributed by atoms with Gasteiger partial charge in [0.2, 0.25) is 5.78 Å². The van der Waals surface area contributed by atoms with Crippen LogP contribution in [0.4, 0.5) is 4.39 Å². The Labute approximate surface area is 119 Å². The minimum absolute atomic E-state index is 0.152. The predicted molar refractivity (Wildman–Crippen MR) is 70.5 cm³/mol. The lowest BCUT2D eigenvalue weighted by Crippen LogP contribution is -2.03. The lowest BCUT2D eigenvalue weighted by molar-refractivity contribution is 0.100. The van der Waals surface area contributed by atoms with Crippen molar-refractivity contribution in [1.82, 2.24) is 0 Å². The van der Waals surface area contributed by atoms with Gasteiger partial charge in [0.05, 0.1) is 17.1 Å². The van der Waals surface area contributed by atoms with Gasteiger partial charge in [0.15, 0.2) is 10.4 Å². The number of hydrogen-bond acceptors (Lipinski definition) is 3. The molecule has 0 N–H and O–H groups in total. The van der Waals surface area contributed by atoms with Crippen LogP contribution in [0.25, 0.3) is 0 Å². The molecule has 2 aromatic rings. The predicted octanol–water partition coefficient (Wildman–Crippen LogP) is 4.18. The van der Waals surface area contributed by atoms with E-state index in [1.54, 1.807) is 6.07 Å². The van der Waals surface area contributed by atoms with Crippen molar-refractivity contribution in [3.8, 4) is 5.75 Å². The summed E-state index contributed by atoms with van der Waals surface area (Å²) >= 11 is 6.15. The van der Waals surface area contributed by atoms with Gasteiger partial charge in [0.25, 0.3) is 0 Å². The number of methoxy groups -OCH3 is 1. The highest BCUT2D eigenvalue weighted by atomic mass is 79.9. The first-order valence-electron chi connectivity index (χ1n) is 4.86. The zero-order valence-corrected chi connectivity index (χ0v) is 12.3. The second-order valence-electron chi connectivity index (χ2n) is 3.40. The molecular formula is C12H7Br2FO3. The van der Waals surface area contributed by atoms with Gasteiger partial charge < -0.3 is 9.15 Å². The first kappa shape index (κ1) is 13.3. The van der Waals surface area contributed by atoms with Gasteiger partial charge in [-0.1, -0.05) is 0 Å². The first-order chi connectivity index (χ1) is 8.52. The summed E-state index contributed by atoms with van der Waals surface area (Å²) in [7, 11) is 1.37. The average Bonchev–Trinajstić information content (AvgIpc) is 2.78. The van der Waals surface area contributed by atoms with E-state index in [1.807, 2.05) is 0 Å². The third-order valence-electron chi connectivity index (χ3n) is 2.28. The molecule has 0 unspecified atom stereocenters. The number of rotatable bonds is 3. The zero-order chi connectivity index (χ0) is 13.3. The van der Waals surface area contributed by atoms with Gasteiger partial charge in [-0.2, -0.15) is 0 Å². The number of ketones is 1. The smallest absolute Gasteiger partial charge is 0.231 e. The molecule has 18 heavy (non-hydrogen) atoms. The molecule has 0 spiro atoms. The van der Waals surface area contributed by atoms with Crippen molar-refractivity contribution in [2.24, 2.45) is 0 Å². The van der Waals surface area contributed by atoms with Crippen LogP contribution < -0.4 is 4.74 Å². The molecule has 1 heterocycles. The van der Waals surface area contributed by atoms with Crippen molar-refractivity contribution in [3.05, 3.63) is 50.5 Å². The van der Waals surface area contributed by atoms with Crippen LogP contribution in [0.15, 0.2) is 37.8 Å². The van der Waals surface area contributed by atoms with Crippen molar-refractivity contribution >= 4 is 37.6 Å². The highest BCUT2D eigenvalue weighted by Gasteiger charge is 2.20. The van der Waals surface area contributed by atoms with Crippen LogP contribution in [-0.2, 0) is 0 Å². The van der Waals surface area contributed by atoms with Gasteiger partial charge in [-0.3, -0.25) is 4.79 Å². The number of hydrogen-bond donors (Lipinski definition) is 0. The van der Waals surface area contributed by atoms with Crippen molar-refractivity contribution in [3.63, 3.8) is 0 Å². The number of carbonyl (C=O) groups excluding carboxylic acids is 1. The Morgan fingerprint density at radius 1 is 1.33 bits per heavy atom. The number of carbonyl (C=O) groups is 1. The minimum atomic E-state index is -0.496. The van der Waals surface area contributed by atoms with E-state index in [4.69, 9.17) is 9.15 Å². The summed E-state index contributed by atoms with van der Waals surface area (Å²) in [6.45, 7) is 0. The van der Waals surface area contributed by atoms with E-state index in [0.29, 0.717) is 4.67 Å². The second kappa shape index (κ2) is 5.24. The Bertz CT molecular complexity index is 607. The fraction of sp³-hybridized carbons (Fsp3) is 0.0833. The monoisotopic (exact) mass is 376 g/mol. The SMILES string of the molecule is COc1cc(F)c(Br)cc1C(=O)c1ccc(Br)o1. The summed E-state index contributed by atoms with van der Waals surface area (Å²) in [6.07, 6.45) is 0. The molecular weight excluding hydrogens is 371 g/mol. The molecule has 0 fully saturated rings. The topological polar surface area (TPSA) is 39.4 Å². The molecule has 94 valence electrons. The molecule has 0 radical (unpaired) electrons. The van der Waals surface area contributed by atoms with E-state index in [-0.39, 0.29) is 27.3 Å². The Morgan fingerprint density at radius 3 is 2.61 bits per heavy atom. The molecule has 0 saturated heterocycles. The summed E-state index contributed by atoms with van der Waals surface area (Å²) in [6, 6.07) is 5.66. The minimum Gasteiger partial charge on any atom is -0.496 e. The molecule has 0 atom stereocenters. The zero-order valence-electron chi connectivity index (χ0n) is 9.17. The molecule has 2 rings (SSSR count). The van der Waals surface area contributed by atoms with Gasteiger partial charge in [-0.15, -0.1) is 0 Å². The summed E-state index contributed by atoms with van der Waals surface area (Å²) in [5.74, 6) is -0.561. The van der Waals surface area contributed by atoms with Crippen LogP contribution in [-0.4, -0.2) is 12.9 Å². The van der Waals surface area contributed by atoms with Gasteiger partial charge in [-0.05, 0) is 50.1 Å². The molecule has 3 nitrogen and oxygen atoms in total. The molecule has 0 aliphatic heterocycles. The van der Waals surface area contributed by atoms with E-state index in [9.17, 15) is 9.18 Å². The van der Waals surface area contributed by atoms with E-state index in [1.165, 1.54) is 19.2 Å². The van der Waals surface area contributed by atoms with Crippen molar-refractivity contribution in [1.29, 1.82) is 0 Å². The maximum Gasteiger partial charge on any atom is 0.231 e. The van der Waals surface area contributed by atoms with Gasteiger partial charge >= 0.3 is 0 Å². The lowest BCUT2D eigenvalue weighted by Gasteiger charge is -2.07. The number of furan rings is 1. The Balaban J connectivity index is 2.50. The molecule has 6 heteroatoms. The van der Waals surface area contributed by atoms with Crippen LogP contribution >= 0.6 is 31.9 Å². The number of halogens is 3. The Kier molecular flexibility index (Phi) is 3.87. The summed E-state index contributed by atoms with van der Waals surface area (Å²) in [4.78, 5) is 12.2. The normalized spacial score (nSPS) is 10.4. The van der Waals surface area contributed by atoms with E-state index in [0.717, 1.165) is 6.07 Å². The quantitative estimate of drug-likeness (QED) is 0.753. The van der Waals surface area contributed by atoms with Gasteiger partial charge in [-0.25, -0.2) is 4.39 Å². The summed E-state index contributed by atoms with van der Waals surface area (Å²) < 4.78 is 24.2. The Morgan fingerprint density at radius 2 is 2.06 bits per heavy atom. The lowest BCUT2D eigenvalue weighted by atomic mass is 10.1. The van der Waals surface area contributed by atoms with Crippen LogP contribution in [0.2, 0.25) is 0 Å². The summed E-state index contributed by atoms with van der Waals surface area (Å²) in [5, 5.41) is 0. The number of benzene rings is 1. The molecule has 1 aromatic carbocycles. The fourth-order valence-electron chi connectivity index (χ4n) is 1.44. The van der Waals surface area contributed by atoms with Crippen molar-refractivity contribution in [2.45, 2.75) is 0 Å². The average molecular weight is 378 g/mol. The first-order valence-corrected chi connectivity index (χ1v) is 6.44. The van der Waals surface area contributed by atoms with Crippen molar-refractivity contribution < 1.29 is 18.3 Å². The maximum atomic E-state index is 13.3. The highest BCUT2D eigenvalue weighted by molar-refractivity contribution is 9.10. The van der Waals surface area contributed by atoms with E-state index >= 15 is 0 Å². The third kappa shape index (κ3) is 2.49. The molecule has 0 aliphatic carbocycles. The number of ether oxygens (including phenoxy) is 1. The van der Waals surface area contributed by atoms with Gasteiger partial charge in [0.1, 0.15) is 11.6 Å². The van der Waals surface area contributed by atoms with Crippen LogP contribution in [0.5, 0.6) is 5.75 Å². The molecule has 1 aromatic heterocycles.